The largest absolute Gasteiger partial charge is 0.493 e. The number of benzene rings is 2. The minimum absolute atomic E-state index is 0.0459. The molecule has 0 N–H and O–H groups in total. The third-order valence-corrected chi connectivity index (χ3v) is 6.63. The Kier molecular flexibility index (Phi) is 5.99. The van der Waals surface area contributed by atoms with Gasteiger partial charge in [-0.2, -0.15) is 0 Å². The van der Waals surface area contributed by atoms with E-state index in [9.17, 15) is 9.59 Å². The van der Waals surface area contributed by atoms with Crippen LogP contribution in [0.25, 0.3) is 10.2 Å². The summed E-state index contributed by atoms with van der Waals surface area (Å²) in [4.78, 5) is 30.8. The number of carbonyl (C=O) groups is 2. The van der Waals surface area contributed by atoms with Gasteiger partial charge in [0.05, 0.1) is 22.3 Å². The van der Waals surface area contributed by atoms with Gasteiger partial charge in [0.15, 0.2) is 23.9 Å². The highest BCUT2D eigenvalue weighted by atomic mass is 32.1. The second-order valence-corrected chi connectivity index (χ2v) is 8.45. The normalized spacial score (nSPS) is 14.7. The number of piperidine rings is 1. The fourth-order valence-corrected chi connectivity index (χ4v) is 4.81. The first-order valence-corrected chi connectivity index (χ1v) is 10.8. The van der Waals surface area contributed by atoms with E-state index in [1.165, 1.54) is 18.7 Å². The number of ketones is 1. The Morgan fingerprint density at radius 3 is 2.60 bits per heavy atom. The van der Waals surface area contributed by atoms with Crippen LogP contribution in [0.2, 0.25) is 0 Å². The Bertz CT molecular complexity index is 1040. The van der Waals surface area contributed by atoms with E-state index < -0.39 is 0 Å². The predicted octanol–water partition coefficient (Wildman–Crippen LogP) is 4.29. The average Bonchev–Trinajstić information content (AvgIpc) is 3.21. The van der Waals surface area contributed by atoms with Gasteiger partial charge in [-0.15, -0.1) is 11.3 Å². The van der Waals surface area contributed by atoms with Crippen LogP contribution in [0.1, 0.15) is 41.0 Å². The molecular formula is C23H24N2O4S. The van der Waals surface area contributed by atoms with Crippen molar-refractivity contribution < 1.29 is 19.1 Å². The maximum Gasteiger partial charge on any atom is 0.260 e. The van der Waals surface area contributed by atoms with Crippen LogP contribution in [0.15, 0.2) is 42.5 Å². The molecule has 156 valence electrons. The van der Waals surface area contributed by atoms with Crippen molar-refractivity contribution in [2.24, 2.45) is 0 Å². The number of aromatic nitrogens is 1. The monoisotopic (exact) mass is 424 g/mol. The van der Waals surface area contributed by atoms with Crippen LogP contribution in [0.5, 0.6) is 11.5 Å². The van der Waals surface area contributed by atoms with Crippen LogP contribution < -0.4 is 9.47 Å². The Hall–Kier alpha value is -2.93. The molecular weight excluding hydrogens is 400 g/mol. The lowest BCUT2D eigenvalue weighted by molar-refractivity contribution is -0.134. The number of thiazole rings is 1. The Labute approximate surface area is 179 Å². The van der Waals surface area contributed by atoms with E-state index in [1.807, 2.05) is 23.1 Å². The molecule has 0 atom stereocenters. The summed E-state index contributed by atoms with van der Waals surface area (Å²) >= 11 is 1.75. The van der Waals surface area contributed by atoms with E-state index in [4.69, 9.17) is 14.5 Å². The molecule has 3 aromatic rings. The van der Waals surface area contributed by atoms with Crippen molar-refractivity contribution in [3.63, 3.8) is 0 Å². The summed E-state index contributed by atoms with van der Waals surface area (Å²) in [5.41, 5.74) is 1.59. The lowest BCUT2D eigenvalue weighted by Crippen LogP contribution is -2.40. The lowest BCUT2D eigenvalue weighted by atomic mass is 9.97. The molecule has 30 heavy (non-hydrogen) atoms. The molecule has 1 fully saturated rings. The zero-order chi connectivity index (χ0) is 21.1. The molecule has 0 aliphatic carbocycles. The molecule has 0 unspecified atom stereocenters. The fraction of sp³-hybridized carbons (Fsp3) is 0.348. The molecule has 7 heteroatoms. The molecule has 1 aliphatic rings. The topological polar surface area (TPSA) is 68.7 Å². The second-order valence-electron chi connectivity index (χ2n) is 7.39. The lowest BCUT2D eigenvalue weighted by Gasteiger charge is -2.31. The van der Waals surface area contributed by atoms with Gasteiger partial charge >= 0.3 is 0 Å². The predicted molar refractivity (Wildman–Crippen MR) is 117 cm³/mol. The van der Waals surface area contributed by atoms with E-state index in [-0.39, 0.29) is 18.3 Å². The van der Waals surface area contributed by atoms with Gasteiger partial charge in [-0.3, -0.25) is 9.59 Å². The second kappa shape index (κ2) is 8.83. The number of amides is 1. The smallest absolute Gasteiger partial charge is 0.260 e. The number of nitrogens with zero attached hydrogens (tertiary/aromatic N) is 2. The van der Waals surface area contributed by atoms with E-state index in [0.29, 0.717) is 36.1 Å². The number of hydrogen-bond donors (Lipinski definition) is 0. The first-order chi connectivity index (χ1) is 14.5. The van der Waals surface area contributed by atoms with Crippen LogP contribution in [0, 0.1) is 0 Å². The molecule has 0 saturated carbocycles. The standard InChI is InChI=1S/C23H24N2O4S/c1-15(26)17-7-8-19(20(13-17)28-2)29-14-22(27)25-11-9-16(10-12-25)23-24-18-5-3-4-6-21(18)30-23/h3-8,13,16H,9-12,14H2,1-2H3. The molecule has 1 amide bonds. The molecule has 1 saturated heterocycles. The summed E-state index contributed by atoms with van der Waals surface area (Å²) in [6.07, 6.45) is 1.81. The van der Waals surface area contributed by atoms with Gasteiger partial charge in [-0.1, -0.05) is 12.1 Å². The van der Waals surface area contributed by atoms with Gasteiger partial charge in [0.1, 0.15) is 0 Å². The molecule has 0 spiro atoms. The number of fused-ring (bicyclic) bond motifs is 1. The van der Waals surface area contributed by atoms with Crippen LogP contribution in [0.3, 0.4) is 0 Å². The van der Waals surface area contributed by atoms with E-state index >= 15 is 0 Å². The van der Waals surface area contributed by atoms with E-state index in [0.717, 1.165) is 23.4 Å². The highest BCUT2D eigenvalue weighted by Crippen LogP contribution is 2.34. The Morgan fingerprint density at radius 2 is 1.90 bits per heavy atom. The van der Waals surface area contributed by atoms with Gasteiger partial charge in [-0.25, -0.2) is 4.98 Å². The molecule has 6 nitrogen and oxygen atoms in total. The number of Topliss-reactive ketones (excluding diaryl/α,β-unsaturated/α-hetero) is 1. The van der Waals surface area contributed by atoms with Crippen LogP contribution in [-0.2, 0) is 4.79 Å². The molecule has 2 aromatic carbocycles. The maximum absolute atomic E-state index is 12.6. The minimum atomic E-state index is -0.0540. The fourth-order valence-electron chi connectivity index (χ4n) is 3.68. The Balaban J connectivity index is 1.33. The summed E-state index contributed by atoms with van der Waals surface area (Å²) in [7, 11) is 1.51. The number of methoxy groups -OCH3 is 1. The molecule has 1 aromatic heterocycles. The van der Waals surface area contributed by atoms with Crippen LogP contribution in [-0.4, -0.2) is 48.4 Å². The molecule has 0 bridgehead atoms. The van der Waals surface area contributed by atoms with E-state index in [1.54, 1.807) is 29.5 Å². The first kappa shape index (κ1) is 20.3. The van der Waals surface area contributed by atoms with Crippen molar-refractivity contribution in [1.82, 2.24) is 9.88 Å². The number of likely N-dealkylation sites (tertiary alicyclic amines) is 1. The highest BCUT2D eigenvalue weighted by molar-refractivity contribution is 7.18. The van der Waals surface area contributed by atoms with Gasteiger partial charge in [0.25, 0.3) is 5.91 Å². The zero-order valence-electron chi connectivity index (χ0n) is 17.1. The van der Waals surface area contributed by atoms with Crippen molar-refractivity contribution in [1.29, 1.82) is 0 Å². The van der Waals surface area contributed by atoms with Crippen molar-refractivity contribution in [2.45, 2.75) is 25.7 Å². The van der Waals surface area contributed by atoms with Crippen molar-refractivity contribution >= 4 is 33.2 Å². The maximum atomic E-state index is 12.6. The first-order valence-electron chi connectivity index (χ1n) is 10.00. The summed E-state index contributed by atoms with van der Waals surface area (Å²) in [6, 6.07) is 13.2. The quantitative estimate of drug-likeness (QED) is 0.552. The van der Waals surface area contributed by atoms with Crippen molar-refractivity contribution in [2.75, 3.05) is 26.8 Å². The third kappa shape index (κ3) is 4.31. The number of hydrogen-bond acceptors (Lipinski definition) is 6. The molecule has 1 aliphatic heterocycles. The minimum Gasteiger partial charge on any atom is -0.493 e. The third-order valence-electron chi connectivity index (χ3n) is 5.43. The zero-order valence-corrected chi connectivity index (χ0v) is 17.9. The molecule has 4 rings (SSSR count). The summed E-state index contributed by atoms with van der Waals surface area (Å²) < 4.78 is 12.2. The number of ether oxygens (including phenoxy) is 2. The highest BCUT2D eigenvalue weighted by Gasteiger charge is 2.26. The molecule has 0 radical (unpaired) electrons. The van der Waals surface area contributed by atoms with Gasteiger partial charge in [0, 0.05) is 24.6 Å². The summed E-state index contributed by atoms with van der Waals surface area (Å²) in [6.45, 7) is 2.84. The van der Waals surface area contributed by atoms with E-state index in [2.05, 4.69) is 6.07 Å². The van der Waals surface area contributed by atoms with Crippen molar-refractivity contribution in [3.05, 3.63) is 53.0 Å². The van der Waals surface area contributed by atoms with Gasteiger partial charge in [-0.05, 0) is 50.1 Å². The van der Waals surface area contributed by atoms with Gasteiger partial charge in [0.2, 0.25) is 0 Å². The average molecular weight is 425 g/mol. The number of para-hydroxylation sites is 1. The Morgan fingerprint density at radius 1 is 1.13 bits per heavy atom. The van der Waals surface area contributed by atoms with Crippen LogP contribution in [0.4, 0.5) is 0 Å². The van der Waals surface area contributed by atoms with Gasteiger partial charge < -0.3 is 14.4 Å². The number of carbonyl (C=O) groups excluding carboxylic acids is 2. The summed E-state index contributed by atoms with van der Waals surface area (Å²) in [5.74, 6) is 1.21. The number of rotatable bonds is 6. The van der Waals surface area contributed by atoms with Crippen molar-refractivity contribution in [3.8, 4) is 11.5 Å². The molecule has 2 heterocycles. The SMILES string of the molecule is COc1cc(C(C)=O)ccc1OCC(=O)N1CCC(c2nc3ccccc3s2)CC1. The van der Waals surface area contributed by atoms with Crippen LogP contribution >= 0.6 is 11.3 Å². The summed E-state index contributed by atoms with van der Waals surface area (Å²) in [5, 5.41) is 1.16.